The van der Waals surface area contributed by atoms with Gasteiger partial charge in [0.15, 0.2) is 0 Å². The highest BCUT2D eigenvalue weighted by atomic mass is 16.3. The third-order valence-corrected chi connectivity index (χ3v) is 1.77. The quantitative estimate of drug-likeness (QED) is 0.594. The summed E-state index contributed by atoms with van der Waals surface area (Å²) < 4.78 is 0. The monoisotopic (exact) mass is 169 g/mol. The largest absolute Gasteiger partial charge is 0.386 e. The molecule has 1 amide bonds. The van der Waals surface area contributed by atoms with Crippen LogP contribution in [-0.4, -0.2) is 22.7 Å². The smallest absolute Gasteiger partial charge is 0.220 e. The number of hydrogen-bond acceptors (Lipinski definition) is 2. The second-order valence-electron chi connectivity index (χ2n) is 3.73. The van der Waals surface area contributed by atoms with Gasteiger partial charge in [0.1, 0.15) is 0 Å². The van der Waals surface area contributed by atoms with Gasteiger partial charge in [0.2, 0.25) is 5.91 Å². The molecule has 1 rings (SSSR count). The van der Waals surface area contributed by atoms with Crippen LogP contribution < -0.4 is 5.32 Å². The molecule has 1 aliphatic rings. The SMILES string of the molecule is CC(C)(O)/C=C/C1CCC(=O)N1. The highest BCUT2D eigenvalue weighted by molar-refractivity contribution is 5.78. The minimum atomic E-state index is -0.784. The predicted octanol–water partition coefficient (Wildman–Crippen LogP) is 0.592. The number of nitrogens with one attached hydrogen (secondary N) is 1. The van der Waals surface area contributed by atoms with Gasteiger partial charge in [-0.2, -0.15) is 0 Å². The van der Waals surface area contributed by atoms with Gasteiger partial charge in [-0.05, 0) is 20.3 Å². The first-order valence-electron chi connectivity index (χ1n) is 4.18. The number of amides is 1. The summed E-state index contributed by atoms with van der Waals surface area (Å²) in [5.74, 6) is 0.0976. The lowest BCUT2D eigenvalue weighted by atomic mass is 10.1. The van der Waals surface area contributed by atoms with Gasteiger partial charge in [0, 0.05) is 12.5 Å². The van der Waals surface area contributed by atoms with Crippen LogP contribution in [0.2, 0.25) is 0 Å². The molecular formula is C9H15NO2. The van der Waals surface area contributed by atoms with Crippen molar-refractivity contribution in [1.82, 2.24) is 5.32 Å². The Morgan fingerprint density at radius 2 is 2.33 bits per heavy atom. The number of aliphatic hydroxyl groups is 1. The molecule has 0 spiro atoms. The fourth-order valence-corrected chi connectivity index (χ4v) is 1.13. The Hall–Kier alpha value is -0.830. The average Bonchev–Trinajstić information content (AvgIpc) is 2.30. The van der Waals surface area contributed by atoms with Crippen LogP contribution in [0.1, 0.15) is 26.7 Å². The Morgan fingerprint density at radius 1 is 1.67 bits per heavy atom. The lowest BCUT2D eigenvalue weighted by Crippen LogP contribution is -2.24. The summed E-state index contributed by atoms with van der Waals surface area (Å²) in [5, 5.41) is 12.1. The summed E-state index contributed by atoms with van der Waals surface area (Å²) >= 11 is 0. The molecule has 0 aromatic heterocycles. The molecule has 3 nitrogen and oxygen atoms in total. The van der Waals surface area contributed by atoms with Crippen LogP contribution in [-0.2, 0) is 4.79 Å². The topological polar surface area (TPSA) is 49.3 Å². The molecule has 1 heterocycles. The van der Waals surface area contributed by atoms with Gasteiger partial charge in [-0.3, -0.25) is 4.79 Å². The van der Waals surface area contributed by atoms with Gasteiger partial charge in [-0.15, -0.1) is 0 Å². The molecule has 0 aliphatic carbocycles. The normalized spacial score (nSPS) is 24.9. The van der Waals surface area contributed by atoms with Crippen molar-refractivity contribution in [2.45, 2.75) is 38.3 Å². The number of rotatable bonds is 2. The van der Waals surface area contributed by atoms with E-state index in [0.29, 0.717) is 6.42 Å². The van der Waals surface area contributed by atoms with Gasteiger partial charge < -0.3 is 10.4 Å². The summed E-state index contributed by atoms with van der Waals surface area (Å²) in [4.78, 5) is 10.8. The van der Waals surface area contributed by atoms with Crippen LogP contribution in [0.5, 0.6) is 0 Å². The second-order valence-corrected chi connectivity index (χ2v) is 3.73. The molecule has 0 saturated carbocycles. The van der Waals surface area contributed by atoms with E-state index >= 15 is 0 Å². The fraction of sp³-hybridized carbons (Fsp3) is 0.667. The first-order valence-corrected chi connectivity index (χ1v) is 4.18. The van der Waals surface area contributed by atoms with E-state index in [0.717, 1.165) is 6.42 Å². The standard InChI is InChI=1S/C9H15NO2/c1-9(2,12)6-5-7-3-4-8(11)10-7/h5-7,12H,3-4H2,1-2H3,(H,10,11)/b6-5+. The average molecular weight is 169 g/mol. The summed E-state index contributed by atoms with van der Waals surface area (Å²) in [5.41, 5.74) is -0.784. The zero-order valence-corrected chi connectivity index (χ0v) is 7.50. The molecule has 0 bridgehead atoms. The van der Waals surface area contributed by atoms with Crippen LogP contribution in [0, 0.1) is 0 Å². The van der Waals surface area contributed by atoms with Crippen molar-refractivity contribution in [2.24, 2.45) is 0 Å². The van der Waals surface area contributed by atoms with E-state index in [1.807, 2.05) is 6.08 Å². The van der Waals surface area contributed by atoms with Crippen molar-refractivity contribution >= 4 is 5.91 Å². The summed E-state index contributed by atoms with van der Waals surface area (Å²) in [6.45, 7) is 3.42. The van der Waals surface area contributed by atoms with E-state index in [1.54, 1.807) is 19.9 Å². The summed E-state index contributed by atoms with van der Waals surface area (Å²) in [7, 11) is 0. The Bertz CT molecular complexity index is 203. The maximum atomic E-state index is 10.8. The lowest BCUT2D eigenvalue weighted by Gasteiger charge is -2.11. The Labute approximate surface area is 72.5 Å². The molecule has 68 valence electrons. The minimum Gasteiger partial charge on any atom is -0.386 e. The van der Waals surface area contributed by atoms with E-state index in [2.05, 4.69) is 5.32 Å². The van der Waals surface area contributed by atoms with Gasteiger partial charge in [0.25, 0.3) is 0 Å². The van der Waals surface area contributed by atoms with Gasteiger partial charge in [0.05, 0.1) is 5.60 Å². The van der Waals surface area contributed by atoms with Crippen molar-refractivity contribution in [3.63, 3.8) is 0 Å². The summed E-state index contributed by atoms with van der Waals surface area (Å²) in [6, 6.07) is 0.115. The Morgan fingerprint density at radius 3 is 2.75 bits per heavy atom. The van der Waals surface area contributed by atoms with Gasteiger partial charge >= 0.3 is 0 Å². The number of hydrogen-bond donors (Lipinski definition) is 2. The van der Waals surface area contributed by atoms with E-state index < -0.39 is 5.60 Å². The first kappa shape index (κ1) is 9.26. The van der Waals surface area contributed by atoms with Crippen molar-refractivity contribution in [3.8, 4) is 0 Å². The highest BCUT2D eigenvalue weighted by Crippen LogP contribution is 2.10. The Kier molecular flexibility index (Phi) is 2.52. The van der Waals surface area contributed by atoms with Gasteiger partial charge in [-0.1, -0.05) is 12.2 Å². The molecule has 0 aromatic carbocycles. The van der Waals surface area contributed by atoms with E-state index in [1.165, 1.54) is 0 Å². The zero-order valence-electron chi connectivity index (χ0n) is 7.50. The third-order valence-electron chi connectivity index (χ3n) is 1.77. The third kappa shape index (κ3) is 3.05. The van der Waals surface area contributed by atoms with E-state index in [9.17, 15) is 9.90 Å². The molecule has 0 aromatic rings. The molecule has 1 aliphatic heterocycles. The minimum absolute atomic E-state index is 0.0976. The molecule has 1 atom stereocenters. The van der Waals surface area contributed by atoms with Crippen molar-refractivity contribution < 1.29 is 9.90 Å². The summed E-state index contributed by atoms with van der Waals surface area (Å²) in [6.07, 6.45) is 5.00. The molecule has 3 heteroatoms. The van der Waals surface area contributed by atoms with Crippen LogP contribution in [0.3, 0.4) is 0 Å². The van der Waals surface area contributed by atoms with Crippen LogP contribution >= 0.6 is 0 Å². The van der Waals surface area contributed by atoms with Crippen LogP contribution in [0.25, 0.3) is 0 Å². The Balaban J connectivity index is 2.42. The lowest BCUT2D eigenvalue weighted by molar-refractivity contribution is -0.119. The van der Waals surface area contributed by atoms with Gasteiger partial charge in [-0.25, -0.2) is 0 Å². The highest BCUT2D eigenvalue weighted by Gasteiger charge is 2.18. The van der Waals surface area contributed by atoms with E-state index in [4.69, 9.17) is 0 Å². The van der Waals surface area contributed by atoms with Crippen LogP contribution in [0.4, 0.5) is 0 Å². The molecule has 1 fully saturated rings. The molecule has 1 unspecified atom stereocenters. The molecular weight excluding hydrogens is 154 g/mol. The van der Waals surface area contributed by atoms with Crippen molar-refractivity contribution in [2.75, 3.05) is 0 Å². The predicted molar refractivity (Wildman–Crippen MR) is 46.6 cm³/mol. The van der Waals surface area contributed by atoms with Crippen LogP contribution in [0.15, 0.2) is 12.2 Å². The van der Waals surface area contributed by atoms with E-state index in [-0.39, 0.29) is 11.9 Å². The van der Waals surface area contributed by atoms with Crippen molar-refractivity contribution in [3.05, 3.63) is 12.2 Å². The van der Waals surface area contributed by atoms with Crippen molar-refractivity contribution in [1.29, 1.82) is 0 Å². The number of carbonyl (C=O) groups excluding carboxylic acids is 1. The fourth-order valence-electron chi connectivity index (χ4n) is 1.13. The molecule has 0 radical (unpaired) electrons. The number of carbonyl (C=O) groups is 1. The maximum Gasteiger partial charge on any atom is 0.220 e. The second kappa shape index (κ2) is 3.27. The molecule has 12 heavy (non-hydrogen) atoms. The maximum absolute atomic E-state index is 10.8. The zero-order chi connectivity index (χ0) is 9.19. The molecule has 2 N–H and O–H groups in total. The first-order chi connectivity index (χ1) is 5.47. The molecule has 1 saturated heterocycles.